The van der Waals surface area contributed by atoms with Gasteiger partial charge in [-0.05, 0) is 19.8 Å². The number of nitrogens with one attached hydrogen (secondary N) is 1. The molecule has 5 nitrogen and oxygen atoms in total. The molecule has 3 unspecified atom stereocenters. The van der Waals surface area contributed by atoms with Gasteiger partial charge >= 0.3 is 0 Å². The molecule has 1 rings (SSSR count). The number of nitrogens with two attached hydrogens (primary N) is 1. The van der Waals surface area contributed by atoms with E-state index in [-0.39, 0.29) is 24.1 Å². The maximum atomic E-state index is 12.0. The lowest BCUT2D eigenvalue weighted by Crippen LogP contribution is -2.55. The summed E-state index contributed by atoms with van der Waals surface area (Å²) >= 11 is 0. The average Bonchev–Trinajstić information content (AvgIpc) is 2.35. The van der Waals surface area contributed by atoms with E-state index in [2.05, 4.69) is 24.1 Å². The Labute approximate surface area is 110 Å². The first-order chi connectivity index (χ1) is 8.41. The summed E-state index contributed by atoms with van der Waals surface area (Å²) in [6, 6.07) is -0.118. The molecule has 0 aromatic rings. The average molecular weight is 257 g/mol. The van der Waals surface area contributed by atoms with E-state index in [1.807, 2.05) is 13.8 Å². The lowest BCUT2D eigenvalue weighted by Gasteiger charge is -2.37. The maximum absolute atomic E-state index is 12.0. The molecular weight excluding hydrogens is 230 g/mol. The van der Waals surface area contributed by atoms with Crippen molar-refractivity contribution < 1.29 is 9.53 Å². The molecule has 0 radical (unpaired) electrons. The molecule has 3 N–H and O–H groups in total. The number of morpholine rings is 1. The molecule has 1 saturated heterocycles. The van der Waals surface area contributed by atoms with Gasteiger partial charge in [0.15, 0.2) is 0 Å². The van der Waals surface area contributed by atoms with Gasteiger partial charge in [-0.2, -0.15) is 0 Å². The number of hydrogen-bond acceptors (Lipinski definition) is 4. The molecule has 1 heterocycles. The van der Waals surface area contributed by atoms with E-state index in [9.17, 15) is 4.79 Å². The summed E-state index contributed by atoms with van der Waals surface area (Å²) < 4.78 is 5.60. The third-order valence-corrected chi connectivity index (χ3v) is 3.32. The number of carbonyl (C=O) groups is 1. The van der Waals surface area contributed by atoms with Crippen molar-refractivity contribution in [2.45, 2.75) is 45.9 Å². The molecule has 106 valence electrons. The highest BCUT2D eigenvalue weighted by Crippen LogP contribution is 2.11. The lowest BCUT2D eigenvalue weighted by atomic mass is 10.1. The fraction of sp³-hybridized carbons (Fsp3) is 0.923. The fourth-order valence-electron chi connectivity index (χ4n) is 1.98. The van der Waals surface area contributed by atoms with Crippen LogP contribution in [0.4, 0.5) is 0 Å². The van der Waals surface area contributed by atoms with Crippen molar-refractivity contribution in [2.24, 2.45) is 11.7 Å². The Morgan fingerprint density at radius 2 is 2.11 bits per heavy atom. The Balaban J connectivity index is 2.45. The molecule has 5 heteroatoms. The van der Waals surface area contributed by atoms with Crippen molar-refractivity contribution in [3.63, 3.8) is 0 Å². The van der Waals surface area contributed by atoms with Crippen molar-refractivity contribution in [3.8, 4) is 0 Å². The van der Waals surface area contributed by atoms with Crippen LogP contribution in [0.25, 0.3) is 0 Å². The van der Waals surface area contributed by atoms with Gasteiger partial charge in [0.2, 0.25) is 5.91 Å². The van der Waals surface area contributed by atoms with Crippen molar-refractivity contribution in [1.82, 2.24) is 10.2 Å². The molecule has 0 saturated carbocycles. The third-order valence-electron chi connectivity index (χ3n) is 3.32. The van der Waals surface area contributed by atoms with Gasteiger partial charge in [0.25, 0.3) is 0 Å². The molecule has 0 spiro atoms. The molecule has 0 aliphatic carbocycles. The van der Waals surface area contributed by atoms with Gasteiger partial charge < -0.3 is 15.8 Å². The van der Waals surface area contributed by atoms with E-state index in [1.54, 1.807) is 0 Å². The predicted molar refractivity (Wildman–Crippen MR) is 72.3 cm³/mol. The van der Waals surface area contributed by atoms with Crippen LogP contribution < -0.4 is 11.1 Å². The second kappa shape index (κ2) is 7.07. The summed E-state index contributed by atoms with van der Waals surface area (Å²) in [5.41, 5.74) is 5.85. The second-order valence-electron chi connectivity index (χ2n) is 5.58. The van der Waals surface area contributed by atoms with Crippen molar-refractivity contribution in [3.05, 3.63) is 0 Å². The van der Waals surface area contributed by atoms with Crippen LogP contribution in [-0.4, -0.2) is 55.2 Å². The van der Waals surface area contributed by atoms with E-state index in [0.29, 0.717) is 12.5 Å². The van der Waals surface area contributed by atoms with Crippen LogP contribution in [0.3, 0.4) is 0 Å². The summed E-state index contributed by atoms with van der Waals surface area (Å²) in [6.45, 7) is 11.0. The monoisotopic (exact) mass is 257 g/mol. The Morgan fingerprint density at radius 3 is 2.67 bits per heavy atom. The van der Waals surface area contributed by atoms with Gasteiger partial charge in [0, 0.05) is 25.7 Å². The van der Waals surface area contributed by atoms with Crippen LogP contribution in [0.5, 0.6) is 0 Å². The van der Waals surface area contributed by atoms with Gasteiger partial charge in [0.05, 0.1) is 18.8 Å². The van der Waals surface area contributed by atoms with E-state index < -0.39 is 0 Å². The molecule has 3 atom stereocenters. The number of nitrogens with zero attached hydrogens (tertiary/aromatic N) is 1. The zero-order chi connectivity index (χ0) is 13.7. The minimum absolute atomic E-state index is 0.00118. The Morgan fingerprint density at radius 1 is 1.44 bits per heavy atom. The van der Waals surface area contributed by atoms with E-state index in [1.165, 1.54) is 0 Å². The van der Waals surface area contributed by atoms with E-state index in [4.69, 9.17) is 10.5 Å². The first-order valence-electron chi connectivity index (χ1n) is 6.80. The van der Waals surface area contributed by atoms with Crippen LogP contribution in [0.1, 0.15) is 27.7 Å². The molecule has 0 aromatic carbocycles. The highest BCUT2D eigenvalue weighted by Gasteiger charge is 2.29. The minimum atomic E-state index is -0.117. The lowest BCUT2D eigenvalue weighted by molar-refractivity contribution is -0.129. The SMILES string of the molecule is CC(C)CNC(=O)C(C)N1CCOC(C(C)N)C1. The summed E-state index contributed by atoms with van der Waals surface area (Å²) in [6.07, 6.45) is 0.0269. The molecule has 1 aliphatic heterocycles. The largest absolute Gasteiger partial charge is 0.374 e. The topological polar surface area (TPSA) is 67.6 Å². The number of ether oxygens (including phenoxy) is 1. The smallest absolute Gasteiger partial charge is 0.237 e. The molecule has 1 fully saturated rings. The quantitative estimate of drug-likeness (QED) is 0.738. The van der Waals surface area contributed by atoms with E-state index >= 15 is 0 Å². The summed E-state index contributed by atoms with van der Waals surface area (Å²) in [5, 5.41) is 2.97. The standard InChI is InChI=1S/C13H27N3O2/c1-9(2)7-15-13(17)11(4)16-5-6-18-12(8-16)10(3)14/h9-12H,5-8,14H2,1-4H3,(H,15,17). The Kier molecular flexibility index (Phi) is 6.05. The van der Waals surface area contributed by atoms with Gasteiger partial charge in [-0.3, -0.25) is 9.69 Å². The van der Waals surface area contributed by atoms with Crippen molar-refractivity contribution >= 4 is 5.91 Å². The highest BCUT2D eigenvalue weighted by atomic mass is 16.5. The van der Waals surface area contributed by atoms with E-state index in [0.717, 1.165) is 19.6 Å². The normalized spacial score (nSPS) is 24.9. The maximum Gasteiger partial charge on any atom is 0.237 e. The molecule has 1 amide bonds. The summed E-state index contributed by atoms with van der Waals surface area (Å²) in [7, 11) is 0. The van der Waals surface area contributed by atoms with Crippen LogP contribution in [0.2, 0.25) is 0 Å². The first kappa shape index (κ1) is 15.4. The van der Waals surface area contributed by atoms with Gasteiger partial charge in [-0.15, -0.1) is 0 Å². The molecular formula is C13H27N3O2. The fourth-order valence-corrected chi connectivity index (χ4v) is 1.98. The summed E-state index contributed by atoms with van der Waals surface area (Å²) in [5.74, 6) is 0.566. The molecule has 18 heavy (non-hydrogen) atoms. The zero-order valence-corrected chi connectivity index (χ0v) is 12.0. The summed E-state index contributed by atoms with van der Waals surface area (Å²) in [4.78, 5) is 14.1. The molecule has 0 aromatic heterocycles. The minimum Gasteiger partial charge on any atom is -0.374 e. The van der Waals surface area contributed by atoms with Gasteiger partial charge in [0.1, 0.15) is 0 Å². The van der Waals surface area contributed by atoms with Gasteiger partial charge in [-0.1, -0.05) is 13.8 Å². The second-order valence-corrected chi connectivity index (χ2v) is 5.58. The molecule has 1 aliphatic rings. The van der Waals surface area contributed by atoms with Gasteiger partial charge in [-0.25, -0.2) is 0 Å². The van der Waals surface area contributed by atoms with Crippen LogP contribution in [0.15, 0.2) is 0 Å². The Hall–Kier alpha value is -0.650. The van der Waals surface area contributed by atoms with Crippen LogP contribution in [0, 0.1) is 5.92 Å². The predicted octanol–water partition coefficient (Wildman–Crippen LogP) is 0.195. The van der Waals surface area contributed by atoms with Crippen molar-refractivity contribution in [2.75, 3.05) is 26.2 Å². The third kappa shape index (κ3) is 4.55. The highest BCUT2D eigenvalue weighted by molar-refractivity contribution is 5.81. The van der Waals surface area contributed by atoms with Crippen LogP contribution in [-0.2, 0) is 9.53 Å². The molecule has 0 bridgehead atoms. The Bertz CT molecular complexity index is 269. The zero-order valence-electron chi connectivity index (χ0n) is 12.0. The van der Waals surface area contributed by atoms with Crippen LogP contribution >= 0.6 is 0 Å². The first-order valence-corrected chi connectivity index (χ1v) is 6.80. The number of carbonyl (C=O) groups excluding carboxylic acids is 1. The number of rotatable bonds is 5. The number of amides is 1. The number of hydrogen-bond donors (Lipinski definition) is 2. The van der Waals surface area contributed by atoms with Crippen molar-refractivity contribution in [1.29, 1.82) is 0 Å².